The van der Waals surface area contributed by atoms with Gasteiger partial charge in [-0.3, -0.25) is 9.78 Å². The molecule has 0 aliphatic carbocycles. The first kappa shape index (κ1) is 9.23. The Balaban J connectivity index is 2.71. The third kappa shape index (κ3) is 1.25. The second-order valence-electron chi connectivity index (χ2n) is 3.34. The minimum absolute atomic E-state index is 0.368. The third-order valence-corrected chi connectivity index (χ3v) is 3.40. The Morgan fingerprint density at radius 3 is 2.81 bits per heavy atom. The molecule has 0 saturated carbocycles. The van der Waals surface area contributed by atoms with Crippen molar-refractivity contribution in [2.45, 2.75) is 0 Å². The summed E-state index contributed by atoms with van der Waals surface area (Å²) in [6, 6.07) is 9.41. The van der Waals surface area contributed by atoms with Crippen molar-refractivity contribution in [3.8, 4) is 0 Å². The molecular weight excluding hydrogens is 224 g/mol. The maximum Gasteiger partial charge on any atom is 0.349 e. The lowest BCUT2D eigenvalue weighted by molar-refractivity contribution is 1.09. The molecule has 78 valence electrons. The molecule has 0 atom stereocenters. The lowest BCUT2D eigenvalue weighted by Crippen LogP contribution is -2.20. The van der Waals surface area contributed by atoms with Gasteiger partial charge >= 0.3 is 5.69 Å². The van der Waals surface area contributed by atoms with Crippen LogP contribution in [0.3, 0.4) is 0 Å². The fourth-order valence-corrected chi connectivity index (χ4v) is 2.74. The number of aromatic amines is 1. The monoisotopic (exact) mass is 230 g/mol. The van der Waals surface area contributed by atoms with Gasteiger partial charge in [0.25, 0.3) is 5.56 Å². The smallest absolute Gasteiger partial charge is 0.272 e. The summed E-state index contributed by atoms with van der Waals surface area (Å²) in [5.74, 6) is 0. The van der Waals surface area contributed by atoms with E-state index in [9.17, 15) is 9.59 Å². The van der Waals surface area contributed by atoms with Crippen molar-refractivity contribution >= 4 is 31.6 Å². The molecule has 0 bridgehead atoms. The molecule has 1 N–H and O–H groups in total. The van der Waals surface area contributed by atoms with Gasteiger partial charge in [0.2, 0.25) is 0 Å². The van der Waals surface area contributed by atoms with Crippen molar-refractivity contribution in [1.82, 2.24) is 9.97 Å². The minimum Gasteiger partial charge on any atom is -0.272 e. The molecule has 0 saturated heterocycles. The first-order valence-corrected chi connectivity index (χ1v) is 5.49. The molecular formula is C11H6N2O2S. The van der Waals surface area contributed by atoms with Crippen LogP contribution in [0.15, 0.2) is 39.9 Å². The van der Waals surface area contributed by atoms with E-state index in [1.165, 1.54) is 11.3 Å². The second kappa shape index (κ2) is 3.24. The average Bonchev–Trinajstić information content (AvgIpc) is 2.42. The zero-order chi connectivity index (χ0) is 11.1. The SMILES string of the molecule is O=c1nc2sc3cccccc3c2c(=O)[nH]1. The van der Waals surface area contributed by atoms with Gasteiger partial charge in [-0.1, -0.05) is 24.3 Å². The average molecular weight is 230 g/mol. The number of thiophene rings is 1. The summed E-state index contributed by atoms with van der Waals surface area (Å²) in [5.41, 5.74) is -0.958. The van der Waals surface area contributed by atoms with Crippen LogP contribution in [-0.4, -0.2) is 9.97 Å². The van der Waals surface area contributed by atoms with E-state index in [0.717, 1.165) is 10.1 Å². The molecule has 5 heteroatoms. The highest BCUT2D eigenvalue weighted by atomic mass is 32.1. The van der Waals surface area contributed by atoms with Gasteiger partial charge in [0.15, 0.2) is 0 Å². The van der Waals surface area contributed by atoms with Crippen molar-refractivity contribution < 1.29 is 0 Å². The van der Waals surface area contributed by atoms with Gasteiger partial charge in [0.05, 0.1) is 5.39 Å². The molecule has 0 amide bonds. The summed E-state index contributed by atoms with van der Waals surface area (Å²) in [4.78, 5) is 29.3. The van der Waals surface area contributed by atoms with Gasteiger partial charge in [-0.15, -0.1) is 11.3 Å². The number of hydrogen-bond acceptors (Lipinski definition) is 4. The number of aromatic nitrogens is 2. The Bertz CT molecular complexity index is 804. The van der Waals surface area contributed by atoms with E-state index in [4.69, 9.17) is 0 Å². The van der Waals surface area contributed by atoms with Crippen LogP contribution in [0.25, 0.3) is 20.3 Å². The van der Waals surface area contributed by atoms with E-state index >= 15 is 0 Å². The summed E-state index contributed by atoms with van der Waals surface area (Å²) in [5, 5.41) is 1.33. The summed E-state index contributed by atoms with van der Waals surface area (Å²) in [6.07, 6.45) is 0. The summed E-state index contributed by atoms with van der Waals surface area (Å²) < 4.78 is 0.948. The summed E-state index contributed by atoms with van der Waals surface area (Å²) in [6.45, 7) is 0. The Kier molecular flexibility index (Phi) is 1.87. The summed E-state index contributed by atoms with van der Waals surface area (Å²) >= 11 is 1.35. The largest absolute Gasteiger partial charge is 0.349 e. The predicted molar refractivity (Wildman–Crippen MR) is 64.0 cm³/mol. The van der Waals surface area contributed by atoms with Crippen LogP contribution in [0, 0.1) is 0 Å². The van der Waals surface area contributed by atoms with Gasteiger partial charge in [0, 0.05) is 10.1 Å². The number of nitrogens with one attached hydrogen (secondary N) is 1. The molecule has 3 rings (SSSR count). The number of fused-ring (bicyclic) bond motifs is 3. The van der Waals surface area contributed by atoms with Crippen molar-refractivity contribution in [2.75, 3.05) is 0 Å². The topological polar surface area (TPSA) is 62.8 Å². The van der Waals surface area contributed by atoms with E-state index in [0.29, 0.717) is 10.2 Å². The molecule has 4 nitrogen and oxygen atoms in total. The van der Waals surface area contributed by atoms with Crippen LogP contribution in [0.5, 0.6) is 0 Å². The lowest BCUT2D eigenvalue weighted by atomic mass is 10.2. The van der Waals surface area contributed by atoms with Gasteiger partial charge in [-0.25, -0.2) is 4.79 Å². The fraction of sp³-hybridized carbons (Fsp3) is 0. The van der Waals surface area contributed by atoms with Crippen molar-refractivity contribution in [1.29, 1.82) is 0 Å². The zero-order valence-corrected chi connectivity index (χ0v) is 8.88. The minimum atomic E-state index is -0.589. The Labute approximate surface area is 93.2 Å². The molecule has 0 spiro atoms. The van der Waals surface area contributed by atoms with Crippen molar-refractivity contribution in [3.05, 3.63) is 51.2 Å². The molecule has 16 heavy (non-hydrogen) atoms. The highest BCUT2D eigenvalue weighted by molar-refractivity contribution is 7.25. The van der Waals surface area contributed by atoms with Gasteiger partial charge in [0.1, 0.15) is 4.83 Å². The molecule has 3 aromatic rings. The van der Waals surface area contributed by atoms with Crippen LogP contribution >= 0.6 is 11.3 Å². The van der Waals surface area contributed by atoms with Gasteiger partial charge in [-0.2, -0.15) is 4.98 Å². The van der Waals surface area contributed by atoms with E-state index in [-0.39, 0.29) is 5.56 Å². The predicted octanol–water partition coefficient (Wildman–Crippen LogP) is 1.50. The van der Waals surface area contributed by atoms with Gasteiger partial charge < -0.3 is 0 Å². The maximum absolute atomic E-state index is 11.7. The fourth-order valence-electron chi connectivity index (χ4n) is 1.67. The molecule has 1 aromatic carbocycles. The highest BCUT2D eigenvalue weighted by Crippen LogP contribution is 2.28. The molecule has 0 aliphatic heterocycles. The normalized spacial score (nSPS) is 11.0. The Hall–Kier alpha value is -2.01. The highest BCUT2D eigenvalue weighted by Gasteiger charge is 2.09. The molecule has 0 fully saturated rings. The quantitative estimate of drug-likeness (QED) is 0.636. The summed E-state index contributed by atoms with van der Waals surface area (Å²) in [7, 11) is 0. The van der Waals surface area contributed by atoms with Crippen LogP contribution < -0.4 is 11.2 Å². The lowest BCUT2D eigenvalue weighted by Gasteiger charge is -1.84. The molecule has 0 unspecified atom stereocenters. The second-order valence-corrected chi connectivity index (χ2v) is 4.37. The zero-order valence-electron chi connectivity index (χ0n) is 8.06. The number of rotatable bonds is 0. The molecule has 2 heterocycles. The third-order valence-electron chi connectivity index (χ3n) is 2.34. The van der Waals surface area contributed by atoms with Crippen LogP contribution in [0.1, 0.15) is 0 Å². The maximum atomic E-state index is 11.7. The van der Waals surface area contributed by atoms with Crippen LogP contribution in [0.2, 0.25) is 0 Å². The number of nitrogens with zero attached hydrogens (tertiary/aromatic N) is 1. The first-order valence-electron chi connectivity index (χ1n) is 4.67. The number of hydrogen-bond donors (Lipinski definition) is 1. The van der Waals surface area contributed by atoms with Crippen LogP contribution in [-0.2, 0) is 0 Å². The van der Waals surface area contributed by atoms with Crippen LogP contribution in [0.4, 0.5) is 0 Å². The Morgan fingerprint density at radius 1 is 1.12 bits per heavy atom. The standard InChI is InChI=1S/C11H6N2O2S/c14-9-8-6-4-2-1-3-5-7(6)16-10(8)13-11(15)12-9/h1-5H,(H,12,14,15). The van der Waals surface area contributed by atoms with E-state index in [1.807, 2.05) is 30.3 Å². The molecule has 2 aromatic heterocycles. The molecule has 0 aliphatic rings. The van der Waals surface area contributed by atoms with Crippen molar-refractivity contribution in [2.24, 2.45) is 0 Å². The number of H-pyrrole nitrogens is 1. The van der Waals surface area contributed by atoms with Gasteiger partial charge in [-0.05, 0) is 6.07 Å². The van der Waals surface area contributed by atoms with E-state index in [1.54, 1.807) is 0 Å². The van der Waals surface area contributed by atoms with Crippen molar-refractivity contribution in [3.63, 3.8) is 0 Å². The van der Waals surface area contributed by atoms with E-state index < -0.39 is 5.69 Å². The molecule has 0 radical (unpaired) electrons. The first-order chi connectivity index (χ1) is 7.75. The Morgan fingerprint density at radius 2 is 1.94 bits per heavy atom. The van der Waals surface area contributed by atoms with E-state index in [2.05, 4.69) is 9.97 Å².